The van der Waals surface area contributed by atoms with Gasteiger partial charge in [0.2, 0.25) is 0 Å². The van der Waals surface area contributed by atoms with Crippen LogP contribution in [0.25, 0.3) is 5.20 Å². The molecule has 0 amide bonds. The van der Waals surface area contributed by atoms with Crippen molar-refractivity contribution in [2.24, 2.45) is 0 Å². The zero-order chi connectivity index (χ0) is 19.5. The third-order valence-electron chi connectivity index (χ3n) is 6.61. The van der Waals surface area contributed by atoms with Gasteiger partial charge >= 0.3 is 0 Å². The van der Waals surface area contributed by atoms with E-state index in [0.29, 0.717) is 0 Å². The molecule has 0 fully saturated rings. The van der Waals surface area contributed by atoms with Crippen LogP contribution in [0.3, 0.4) is 0 Å². The van der Waals surface area contributed by atoms with Gasteiger partial charge in [0, 0.05) is 0 Å². The van der Waals surface area contributed by atoms with E-state index in [1.54, 1.807) is 15.6 Å². The number of rotatable bonds is 3. The van der Waals surface area contributed by atoms with Crippen LogP contribution < -0.4 is 10.4 Å². The summed E-state index contributed by atoms with van der Waals surface area (Å²) >= 11 is 0. The fourth-order valence-corrected chi connectivity index (χ4v) is 14.0. The molecule has 0 aliphatic carbocycles. The third-order valence-corrected chi connectivity index (χ3v) is 15.5. The fraction of sp³-hybridized carbons (Fsp3) is 0.231. The highest BCUT2D eigenvalue weighted by atomic mass is 28.3. The second-order valence-corrected chi connectivity index (χ2v) is 17.1. The van der Waals surface area contributed by atoms with Crippen LogP contribution in [0.5, 0.6) is 0 Å². The lowest BCUT2D eigenvalue weighted by Gasteiger charge is -2.37. The molecule has 0 aromatic heterocycles. The zero-order valence-electron chi connectivity index (χ0n) is 17.1. The number of hydrogen-bond acceptors (Lipinski definition) is 0. The Morgan fingerprint density at radius 2 is 1.07 bits per heavy atom. The van der Waals surface area contributed by atoms with Crippen LogP contribution >= 0.6 is 0 Å². The summed E-state index contributed by atoms with van der Waals surface area (Å²) in [6.07, 6.45) is 2.70. The van der Waals surface area contributed by atoms with Crippen molar-refractivity contribution in [3.63, 3.8) is 0 Å². The third kappa shape index (κ3) is 3.72. The largest absolute Gasteiger partial charge is 0.115 e. The molecule has 3 aromatic carbocycles. The first kappa shape index (κ1) is 19.2. The quantitative estimate of drug-likeness (QED) is 0.481. The van der Waals surface area contributed by atoms with Crippen molar-refractivity contribution in [2.75, 3.05) is 0 Å². The van der Waals surface area contributed by atoms with Gasteiger partial charge in [-0.15, -0.1) is 0 Å². The van der Waals surface area contributed by atoms with E-state index in [-0.39, 0.29) is 0 Å². The lowest BCUT2D eigenvalue weighted by Crippen LogP contribution is -2.51. The second-order valence-electron chi connectivity index (χ2n) is 8.61. The maximum atomic E-state index is 2.79. The Balaban J connectivity index is 1.94. The van der Waals surface area contributed by atoms with Crippen molar-refractivity contribution in [1.82, 2.24) is 0 Å². The van der Waals surface area contributed by atoms with Gasteiger partial charge in [0.1, 0.15) is 16.1 Å². The summed E-state index contributed by atoms with van der Waals surface area (Å²) in [7, 11) is -3.48. The molecule has 0 nitrogen and oxygen atoms in total. The van der Waals surface area contributed by atoms with Gasteiger partial charge in [-0.05, 0) is 11.6 Å². The van der Waals surface area contributed by atoms with Crippen LogP contribution in [-0.2, 0) is 0 Å². The van der Waals surface area contributed by atoms with E-state index < -0.39 is 16.1 Å². The molecule has 0 unspecified atom stereocenters. The first-order chi connectivity index (χ1) is 13.6. The zero-order valence-corrected chi connectivity index (χ0v) is 19.1. The van der Waals surface area contributed by atoms with E-state index in [1.165, 1.54) is 30.5 Å². The topological polar surface area (TPSA) is 0 Å². The molecule has 1 heterocycles. The molecule has 0 N–H and O–H groups in total. The molecular weight excluding hydrogens is 368 g/mol. The van der Waals surface area contributed by atoms with E-state index in [0.717, 1.165) is 0 Å². The fourth-order valence-electron chi connectivity index (χ4n) is 4.83. The summed E-state index contributed by atoms with van der Waals surface area (Å²) < 4.78 is 0. The summed E-state index contributed by atoms with van der Waals surface area (Å²) in [4.78, 5) is 0. The highest BCUT2D eigenvalue weighted by Crippen LogP contribution is 2.36. The summed E-state index contributed by atoms with van der Waals surface area (Å²) in [5.74, 6) is 0. The molecule has 142 valence electrons. The molecule has 1 aliphatic rings. The van der Waals surface area contributed by atoms with Gasteiger partial charge in [-0.25, -0.2) is 0 Å². The van der Waals surface area contributed by atoms with Gasteiger partial charge in [0.25, 0.3) is 0 Å². The van der Waals surface area contributed by atoms with E-state index in [1.807, 2.05) is 0 Å². The molecular formula is C26H30Si2. The Bertz CT molecular complexity index is 934. The molecule has 2 heteroatoms. The van der Waals surface area contributed by atoms with Crippen LogP contribution in [0.15, 0.2) is 96.7 Å². The number of hydrogen-bond donors (Lipinski definition) is 0. The first-order valence-electron chi connectivity index (χ1n) is 10.5. The molecule has 0 saturated heterocycles. The Morgan fingerprint density at radius 3 is 1.68 bits per heavy atom. The average molecular weight is 399 g/mol. The molecule has 4 rings (SSSR count). The molecule has 3 aromatic rings. The maximum absolute atomic E-state index is 2.79. The minimum absolute atomic E-state index is 1.34. The van der Waals surface area contributed by atoms with E-state index in [2.05, 4.69) is 110 Å². The van der Waals surface area contributed by atoms with Gasteiger partial charge < -0.3 is 0 Å². The van der Waals surface area contributed by atoms with Crippen molar-refractivity contribution in [1.29, 1.82) is 0 Å². The van der Waals surface area contributed by atoms with Crippen molar-refractivity contribution in [3.05, 3.63) is 102 Å². The SMILES string of the molecule is C[Si@]1(c2ccccc2)/C=C(/c2ccccc2)[Si@](C)(c2ccccc2)CCCC1. The summed E-state index contributed by atoms with van der Waals surface area (Å²) in [5.41, 5.74) is 4.23. The first-order valence-corrected chi connectivity index (χ1v) is 16.0. The van der Waals surface area contributed by atoms with Crippen LogP contribution in [0.1, 0.15) is 18.4 Å². The molecule has 0 radical (unpaired) electrons. The molecule has 28 heavy (non-hydrogen) atoms. The van der Waals surface area contributed by atoms with Gasteiger partial charge in [0.05, 0.1) is 0 Å². The normalized spacial score (nSPS) is 27.3. The summed E-state index contributed by atoms with van der Waals surface area (Å²) in [5, 5.41) is 4.82. The van der Waals surface area contributed by atoms with Crippen molar-refractivity contribution >= 4 is 31.7 Å². The molecule has 0 spiro atoms. The summed E-state index contributed by atoms with van der Waals surface area (Å²) in [6, 6.07) is 36.6. The van der Waals surface area contributed by atoms with Crippen molar-refractivity contribution in [2.45, 2.75) is 38.0 Å². The minimum Gasteiger partial charge on any atom is -0.0898 e. The van der Waals surface area contributed by atoms with E-state index in [9.17, 15) is 0 Å². The van der Waals surface area contributed by atoms with Gasteiger partial charge in [-0.2, -0.15) is 0 Å². The van der Waals surface area contributed by atoms with Gasteiger partial charge in [0.15, 0.2) is 0 Å². The summed E-state index contributed by atoms with van der Waals surface area (Å²) in [6.45, 7) is 5.18. The van der Waals surface area contributed by atoms with Crippen LogP contribution in [0, 0.1) is 0 Å². The highest BCUT2D eigenvalue weighted by molar-refractivity contribution is 7.08. The van der Waals surface area contributed by atoms with Crippen molar-refractivity contribution in [3.8, 4) is 0 Å². The standard InChI is InChI=1S/C26H30Si2/c1-27(24-16-8-4-9-17-24)20-12-13-21-28(2,25-18-10-5-11-19-25)26(22-27)23-14-6-3-7-15-23/h3-11,14-19,22H,12-13,20-21H2,1-2H3/b26-22-/t27-,28+/m1/s1. The van der Waals surface area contributed by atoms with Gasteiger partial charge in [-0.1, -0.05) is 144 Å². The predicted molar refractivity (Wildman–Crippen MR) is 129 cm³/mol. The second kappa shape index (κ2) is 8.06. The lowest BCUT2D eigenvalue weighted by atomic mass is 10.2. The van der Waals surface area contributed by atoms with Crippen molar-refractivity contribution < 1.29 is 0 Å². The molecule has 2 atom stereocenters. The Hall–Kier alpha value is -2.17. The smallest absolute Gasteiger partial charge is 0.0898 e. The Morgan fingerprint density at radius 1 is 0.571 bits per heavy atom. The maximum Gasteiger partial charge on any atom is 0.115 e. The number of benzene rings is 3. The Labute approximate surface area is 172 Å². The van der Waals surface area contributed by atoms with Gasteiger partial charge in [-0.3, -0.25) is 0 Å². The van der Waals surface area contributed by atoms with E-state index >= 15 is 0 Å². The molecule has 0 saturated carbocycles. The van der Waals surface area contributed by atoms with Crippen LogP contribution in [0.2, 0.25) is 25.2 Å². The lowest BCUT2D eigenvalue weighted by molar-refractivity contribution is 0.858. The predicted octanol–water partition coefficient (Wildman–Crippen LogP) is 5.91. The highest BCUT2D eigenvalue weighted by Gasteiger charge is 2.39. The van der Waals surface area contributed by atoms with Crippen LogP contribution in [-0.4, -0.2) is 16.1 Å². The monoisotopic (exact) mass is 398 g/mol. The minimum atomic E-state index is -1.79. The molecule has 0 bridgehead atoms. The van der Waals surface area contributed by atoms with E-state index in [4.69, 9.17) is 0 Å². The Kier molecular flexibility index (Phi) is 5.52. The molecule has 1 aliphatic heterocycles. The average Bonchev–Trinajstić information content (AvgIpc) is 2.76. The van der Waals surface area contributed by atoms with Crippen LogP contribution in [0.4, 0.5) is 0 Å².